The Morgan fingerprint density at radius 3 is 2.90 bits per heavy atom. The van der Waals surface area contributed by atoms with Crippen molar-refractivity contribution in [1.82, 2.24) is 10.6 Å². The predicted octanol–water partition coefficient (Wildman–Crippen LogP) is -0.0980. The number of hydrogen-bond donors (Lipinski definition) is 3. The van der Waals surface area contributed by atoms with Crippen molar-refractivity contribution in [2.45, 2.75) is 12.5 Å². The summed E-state index contributed by atoms with van der Waals surface area (Å²) in [7, 11) is 1.57. The van der Waals surface area contributed by atoms with Gasteiger partial charge >= 0.3 is 0 Å². The van der Waals surface area contributed by atoms with Crippen LogP contribution in [0, 0.1) is 0 Å². The van der Waals surface area contributed by atoms with E-state index < -0.39 is 0 Å². The topological polar surface area (TPSA) is 79.5 Å². The third kappa shape index (κ3) is 3.71. The molecule has 1 aromatic carbocycles. The lowest BCUT2D eigenvalue weighted by Crippen LogP contribution is -2.44. The zero-order chi connectivity index (χ0) is 14.4. The summed E-state index contributed by atoms with van der Waals surface area (Å²) < 4.78 is 4.82. The Hall–Kier alpha value is -2.08. The fourth-order valence-corrected chi connectivity index (χ4v) is 2.10. The molecule has 0 fully saturated rings. The molecule has 0 spiro atoms. The molecule has 1 heterocycles. The first-order valence-corrected chi connectivity index (χ1v) is 6.58. The number of fused-ring (bicyclic) bond motifs is 1. The molecule has 1 atom stereocenters. The van der Waals surface area contributed by atoms with Gasteiger partial charge in [0, 0.05) is 25.8 Å². The van der Waals surface area contributed by atoms with E-state index in [1.807, 2.05) is 24.3 Å². The first kappa shape index (κ1) is 14.3. The molecule has 1 unspecified atom stereocenters. The fourth-order valence-electron chi connectivity index (χ4n) is 2.10. The second kappa shape index (κ2) is 6.91. The van der Waals surface area contributed by atoms with Crippen molar-refractivity contribution < 1.29 is 14.3 Å². The van der Waals surface area contributed by atoms with Gasteiger partial charge in [0.15, 0.2) is 0 Å². The van der Waals surface area contributed by atoms with E-state index in [1.54, 1.807) is 7.11 Å². The summed E-state index contributed by atoms with van der Waals surface area (Å²) in [6.07, 6.45) is 0.646. The number of carbonyl (C=O) groups is 2. The molecule has 3 N–H and O–H groups in total. The second-order valence-electron chi connectivity index (χ2n) is 4.62. The molecule has 6 nitrogen and oxygen atoms in total. The normalized spacial score (nSPS) is 16.1. The van der Waals surface area contributed by atoms with Gasteiger partial charge in [0.1, 0.15) is 6.04 Å². The zero-order valence-corrected chi connectivity index (χ0v) is 11.4. The smallest absolute Gasteiger partial charge is 0.243 e. The van der Waals surface area contributed by atoms with Crippen molar-refractivity contribution in [3.8, 4) is 0 Å². The summed E-state index contributed by atoms with van der Waals surface area (Å²) in [5, 5.41) is 8.43. The van der Waals surface area contributed by atoms with Crippen LogP contribution < -0.4 is 16.0 Å². The number of benzene rings is 1. The quantitative estimate of drug-likeness (QED) is 0.635. The summed E-state index contributed by atoms with van der Waals surface area (Å²) in [4.78, 5) is 23.4. The van der Waals surface area contributed by atoms with Gasteiger partial charge < -0.3 is 20.7 Å². The lowest BCUT2D eigenvalue weighted by molar-refractivity contribution is -0.126. The van der Waals surface area contributed by atoms with Crippen LogP contribution in [-0.2, 0) is 20.7 Å². The lowest BCUT2D eigenvalue weighted by Gasteiger charge is -2.12. The van der Waals surface area contributed by atoms with Gasteiger partial charge in [-0.2, -0.15) is 0 Å². The van der Waals surface area contributed by atoms with E-state index in [2.05, 4.69) is 16.0 Å². The van der Waals surface area contributed by atoms with Crippen LogP contribution in [0.5, 0.6) is 0 Å². The molecule has 20 heavy (non-hydrogen) atoms. The van der Waals surface area contributed by atoms with Crippen LogP contribution in [0.15, 0.2) is 24.3 Å². The lowest BCUT2D eigenvalue weighted by atomic mass is 10.1. The van der Waals surface area contributed by atoms with E-state index >= 15 is 0 Å². The number of anilines is 1. The largest absolute Gasteiger partial charge is 0.383 e. The Morgan fingerprint density at radius 1 is 1.35 bits per heavy atom. The molecular formula is C14H19N3O3. The van der Waals surface area contributed by atoms with Gasteiger partial charge in [-0.3, -0.25) is 9.59 Å². The SMILES string of the molecule is COCCNC(=O)CNC(=O)C1Cc2ccccc2N1. The van der Waals surface area contributed by atoms with Gasteiger partial charge in [-0.1, -0.05) is 18.2 Å². The number of methoxy groups -OCH3 is 1. The molecule has 0 aliphatic carbocycles. The van der Waals surface area contributed by atoms with E-state index in [1.165, 1.54) is 0 Å². The summed E-state index contributed by atoms with van der Waals surface area (Å²) in [5.41, 5.74) is 2.11. The van der Waals surface area contributed by atoms with Crippen LogP contribution in [-0.4, -0.2) is 44.7 Å². The summed E-state index contributed by atoms with van der Waals surface area (Å²) in [6.45, 7) is 0.884. The molecule has 1 aliphatic heterocycles. The Labute approximate surface area is 117 Å². The van der Waals surface area contributed by atoms with Crippen molar-refractivity contribution in [3.05, 3.63) is 29.8 Å². The van der Waals surface area contributed by atoms with Crippen LogP contribution in [0.2, 0.25) is 0 Å². The number of ether oxygens (including phenoxy) is 1. The molecule has 108 valence electrons. The van der Waals surface area contributed by atoms with Gasteiger partial charge in [-0.25, -0.2) is 0 Å². The second-order valence-corrected chi connectivity index (χ2v) is 4.62. The third-order valence-corrected chi connectivity index (χ3v) is 3.14. The van der Waals surface area contributed by atoms with Crippen molar-refractivity contribution in [2.24, 2.45) is 0 Å². The third-order valence-electron chi connectivity index (χ3n) is 3.14. The van der Waals surface area contributed by atoms with Crippen LogP contribution in [0.4, 0.5) is 5.69 Å². The average Bonchev–Trinajstić information content (AvgIpc) is 2.89. The number of hydrogen-bond acceptors (Lipinski definition) is 4. The van der Waals surface area contributed by atoms with Crippen LogP contribution in [0.1, 0.15) is 5.56 Å². The molecule has 2 rings (SSSR count). The highest BCUT2D eigenvalue weighted by Crippen LogP contribution is 2.24. The highest BCUT2D eigenvalue weighted by Gasteiger charge is 2.26. The van der Waals surface area contributed by atoms with Crippen LogP contribution in [0.25, 0.3) is 0 Å². The molecule has 2 amide bonds. The van der Waals surface area contributed by atoms with E-state index in [4.69, 9.17) is 4.74 Å². The van der Waals surface area contributed by atoms with E-state index in [0.717, 1.165) is 11.3 Å². The minimum atomic E-state index is -0.306. The number of rotatable bonds is 6. The minimum absolute atomic E-state index is 0.0168. The summed E-state index contributed by atoms with van der Waals surface area (Å²) in [6, 6.07) is 7.51. The molecule has 6 heteroatoms. The predicted molar refractivity (Wildman–Crippen MR) is 75.5 cm³/mol. The molecule has 0 bridgehead atoms. The number of para-hydroxylation sites is 1. The Balaban J connectivity index is 1.73. The standard InChI is InChI=1S/C14H19N3O3/c1-20-7-6-15-13(18)9-16-14(19)12-8-10-4-2-3-5-11(10)17-12/h2-5,12,17H,6-9H2,1H3,(H,15,18)(H,16,19). The summed E-state index contributed by atoms with van der Waals surface area (Å²) >= 11 is 0. The monoisotopic (exact) mass is 277 g/mol. The molecule has 1 aliphatic rings. The Kier molecular flexibility index (Phi) is 4.95. The maximum absolute atomic E-state index is 12.0. The first-order valence-electron chi connectivity index (χ1n) is 6.58. The zero-order valence-electron chi connectivity index (χ0n) is 11.4. The van der Waals surface area contributed by atoms with Crippen molar-refractivity contribution in [2.75, 3.05) is 32.1 Å². The Bertz CT molecular complexity index is 465. The number of amides is 2. The minimum Gasteiger partial charge on any atom is -0.383 e. The maximum Gasteiger partial charge on any atom is 0.243 e. The van der Waals surface area contributed by atoms with E-state index in [-0.39, 0.29) is 24.4 Å². The molecule has 0 aromatic heterocycles. The first-order chi connectivity index (χ1) is 9.70. The molecule has 0 radical (unpaired) electrons. The van der Waals surface area contributed by atoms with Crippen LogP contribution >= 0.6 is 0 Å². The molecular weight excluding hydrogens is 258 g/mol. The van der Waals surface area contributed by atoms with Gasteiger partial charge in [0.2, 0.25) is 11.8 Å². The fraction of sp³-hybridized carbons (Fsp3) is 0.429. The average molecular weight is 277 g/mol. The van der Waals surface area contributed by atoms with Crippen molar-refractivity contribution in [1.29, 1.82) is 0 Å². The molecule has 0 saturated heterocycles. The summed E-state index contributed by atoms with van der Waals surface area (Å²) in [5.74, 6) is -0.381. The number of carbonyl (C=O) groups excluding carboxylic acids is 2. The Morgan fingerprint density at radius 2 is 2.15 bits per heavy atom. The van der Waals surface area contributed by atoms with Gasteiger partial charge in [0.25, 0.3) is 0 Å². The molecule has 1 aromatic rings. The van der Waals surface area contributed by atoms with Crippen LogP contribution in [0.3, 0.4) is 0 Å². The number of nitrogens with one attached hydrogen (secondary N) is 3. The highest BCUT2D eigenvalue weighted by atomic mass is 16.5. The highest BCUT2D eigenvalue weighted by molar-refractivity contribution is 5.90. The van der Waals surface area contributed by atoms with Gasteiger partial charge in [0.05, 0.1) is 13.2 Å². The van der Waals surface area contributed by atoms with Crippen molar-refractivity contribution in [3.63, 3.8) is 0 Å². The molecule has 0 saturated carbocycles. The van der Waals surface area contributed by atoms with E-state index in [9.17, 15) is 9.59 Å². The van der Waals surface area contributed by atoms with E-state index in [0.29, 0.717) is 19.6 Å². The van der Waals surface area contributed by atoms with Gasteiger partial charge in [-0.15, -0.1) is 0 Å². The van der Waals surface area contributed by atoms with Gasteiger partial charge in [-0.05, 0) is 11.6 Å². The maximum atomic E-state index is 12.0. The van der Waals surface area contributed by atoms with Crippen molar-refractivity contribution >= 4 is 17.5 Å².